The monoisotopic (exact) mass is 223 g/mol. The molecule has 1 aliphatic carbocycles. The quantitative estimate of drug-likeness (QED) is 0.592. The largest absolute Gasteiger partial charge is 0.0649 e. The third-order valence-electron chi connectivity index (χ3n) is 5.44. The Labute approximate surface area is 103 Å². The van der Waals surface area contributed by atoms with Crippen molar-refractivity contribution in [2.45, 2.75) is 73.6 Å². The molecule has 0 aromatic heterocycles. The van der Waals surface area contributed by atoms with Crippen LogP contribution in [0, 0.1) is 29.1 Å². The third-order valence-corrected chi connectivity index (χ3v) is 5.44. The molecule has 1 fully saturated rings. The number of hydrogen-bond donors (Lipinski definition) is 0. The molecule has 2 unspecified atom stereocenters. The van der Waals surface area contributed by atoms with Gasteiger partial charge in [0.05, 0.1) is 0 Å². The predicted molar refractivity (Wildman–Crippen MR) is 73.3 cm³/mol. The van der Waals surface area contributed by atoms with Gasteiger partial charge in [-0.25, -0.2) is 0 Å². The minimum absolute atomic E-state index is 0.502. The van der Waals surface area contributed by atoms with Crippen LogP contribution in [0.4, 0.5) is 0 Å². The summed E-state index contributed by atoms with van der Waals surface area (Å²) in [5.41, 5.74) is 1.04. The summed E-state index contributed by atoms with van der Waals surface area (Å²) >= 11 is 0. The summed E-state index contributed by atoms with van der Waals surface area (Å²) in [4.78, 5) is 0. The average Bonchev–Trinajstić information content (AvgIpc) is 2.29. The number of hydrogen-bond acceptors (Lipinski definition) is 0. The highest BCUT2D eigenvalue weighted by Gasteiger charge is 2.37. The molecule has 0 heteroatoms. The summed E-state index contributed by atoms with van der Waals surface area (Å²) in [6.45, 7) is 14.5. The third kappa shape index (κ3) is 3.02. The minimum Gasteiger partial charge on any atom is -0.0649 e. The van der Waals surface area contributed by atoms with E-state index in [1.807, 2.05) is 0 Å². The van der Waals surface area contributed by atoms with E-state index in [1.54, 1.807) is 0 Å². The van der Waals surface area contributed by atoms with Crippen LogP contribution in [0.15, 0.2) is 0 Å². The molecule has 0 nitrogen and oxygen atoms in total. The first-order chi connectivity index (χ1) is 7.33. The van der Waals surface area contributed by atoms with Crippen LogP contribution >= 0.6 is 0 Å². The fourth-order valence-electron chi connectivity index (χ4n) is 2.92. The van der Waals surface area contributed by atoms with E-state index in [0.717, 1.165) is 11.8 Å². The topological polar surface area (TPSA) is 0 Å². The van der Waals surface area contributed by atoms with Gasteiger partial charge in [-0.15, -0.1) is 0 Å². The Morgan fingerprint density at radius 2 is 1.56 bits per heavy atom. The molecule has 16 heavy (non-hydrogen) atoms. The SMILES string of the molecule is CCC(C)(C)C1[CH]CCC(C(C)(C)CC)C1. The summed E-state index contributed by atoms with van der Waals surface area (Å²) in [6, 6.07) is 0. The first kappa shape index (κ1) is 14.1. The van der Waals surface area contributed by atoms with E-state index in [1.165, 1.54) is 32.1 Å². The molecule has 0 aromatic carbocycles. The summed E-state index contributed by atoms with van der Waals surface area (Å²) in [5, 5.41) is 0. The molecule has 0 bridgehead atoms. The van der Waals surface area contributed by atoms with E-state index < -0.39 is 0 Å². The molecule has 0 aliphatic heterocycles. The van der Waals surface area contributed by atoms with Crippen LogP contribution in [0.25, 0.3) is 0 Å². The van der Waals surface area contributed by atoms with Crippen LogP contribution in [0.2, 0.25) is 0 Å². The van der Waals surface area contributed by atoms with Crippen molar-refractivity contribution < 1.29 is 0 Å². The zero-order chi connectivity index (χ0) is 12.4. The van der Waals surface area contributed by atoms with Crippen LogP contribution < -0.4 is 0 Å². The summed E-state index contributed by atoms with van der Waals surface area (Å²) in [5.74, 6) is 1.76. The lowest BCUT2D eigenvalue weighted by molar-refractivity contribution is 0.0909. The van der Waals surface area contributed by atoms with Gasteiger partial charge in [0.25, 0.3) is 0 Å². The van der Waals surface area contributed by atoms with Gasteiger partial charge in [0.1, 0.15) is 0 Å². The maximum Gasteiger partial charge on any atom is -0.0326 e. The van der Waals surface area contributed by atoms with Crippen LogP contribution in [0.3, 0.4) is 0 Å². The Bertz CT molecular complexity index is 190. The van der Waals surface area contributed by atoms with Gasteiger partial charge < -0.3 is 0 Å². The highest BCUT2D eigenvalue weighted by molar-refractivity contribution is 4.95. The Morgan fingerprint density at radius 1 is 1.00 bits per heavy atom. The molecule has 1 aliphatic rings. The van der Waals surface area contributed by atoms with Gasteiger partial charge in [-0.3, -0.25) is 0 Å². The Kier molecular flexibility index (Phi) is 4.49. The van der Waals surface area contributed by atoms with Crippen molar-refractivity contribution >= 4 is 0 Å². The Morgan fingerprint density at radius 3 is 2.06 bits per heavy atom. The van der Waals surface area contributed by atoms with Crippen molar-refractivity contribution in [3.63, 3.8) is 0 Å². The van der Waals surface area contributed by atoms with Crippen molar-refractivity contribution in [1.82, 2.24) is 0 Å². The maximum atomic E-state index is 2.60. The van der Waals surface area contributed by atoms with Crippen LogP contribution in [0.5, 0.6) is 0 Å². The summed E-state index contributed by atoms with van der Waals surface area (Å²) in [6.07, 6.45) is 9.39. The maximum absolute atomic E-state index is 2.60. The standard InChI is InChI=1S/C16H31/c1-7-15(3,4)13-10-9-11-14(12-13)16(5,6)8-2/h10,13-14H,7-9,11-12H2,1-6H3. The molecule has 0 spiro atoms. The Balaban J connectivity index is 2.67. The molecule has 0 saturated heterocycles. The average molecular weight is 223 g/mol. The summed E-state index contributed by atoms with van der Waals surface area (Å²) in [7, 11) is 0. The van der Waals surface area contributed by atoms with Gasteiger partial charge in [-0.2, -0.15) is 0 Å². The molecular formula is C16H31. The van der Waals surface area contributed by atoms with E-state index in [9.17, 15) is 0 Å². The molecule has 1 saturated carbocycles. The first-order valence-electron chi connectivity index (χ1n) is 7.16. The smallest absolute Gasteiger partial charge is 0.0326 e. The predicted octanol–water partition coefficient (Wildman–Crippen LogP) is 5.48. The van der Waals surface area contributed by atoms with Gasteiger partial charge in [-0.05, 0) is 48.3 Å². The van der Waals surface area contributed by atoms with Crippen LogP contribution in [0.1, 0.15) is 73.6 Å². The highest BCUT2D eigenvalue weighted by atomic mass is 14.4. The highest BCUT2D eigenvalue weighted by Crippen LogP contribution is 2.47. The zero-order valence-electron chi connectivity index (χ0n) is 12.3. The first-order valence-corrected chi connectivity index (χ1v) is 7.16. The van der Waals surface area contributed by atoms with Crippen molar-refractivity contribution in [1.29, 1.82) is 0 Å². The second-order valence-corrected chi connectivity index (χ2v) is 7.04. The molecule has 0 amide bonds. The summed E-state index contributed by atoms with van der Waals surface area (Å²) < 4.78 is 0. The Hall–Kier alpha value is 0. The normalized spacial score (nSPS) is 28.1. The lowest BCUT2D eigenvalue weighted by atomic mass is 9.61. The molecule has 0 aromatic rings. The van der Waals surface area contributed by atoms with Gasteiger partial charge in [0.15, 0.2) is 0 Å². The number of rotatable bonds is 4. The fraction of sp³-hybridized carbons (Fsp3) is 0.938. The van der Waals surface area contributed by atoms with Crippen LogP contribution in [-0.4, -0.2) is 0 Å². The molecule has 1 rings (SSSR count). The molecule has 95 valence electrons. The van der Waals surface area contributed by atoms with Crippen LogP contribution in [-0.2, 0) is 0 Å². The van der Waals surface area contributed by atoms with Crippen molar-refractivity contribution in [3.8, 4) is 0 Å². The second kappa shape index (κ2) is 5.10. The van der Waals surface area contributed by atoms with Gasteiger partial charge in [-0.1, -0.05) is 54.4 Å². The van der Waals surface area contributed by atoms with Crippen molar-refractivity contribution in [2.24, 2.45) is 22.7 Å². The molecule has 0 heterocycles. The van der Waals surface area contributed by atoms with Gasteiger partial charge in [0.2, 0.25) is 0 Å². The zero-order valence-corrected chi connectivity index (χ0v) is 12.3. The van der Waals surface area contributed by atoms with E-state index in [0.29, 0.717) is 10.8 Å². The molecular weight excluding hydrogens is 192 g/mol. The lowest BCUT2D eigenvalue weighted by Crippen LogP contribution is -2.34. The van der Waals surface area contributed by atoms with E-state index >= 15 is 0 Å². The van der Waals surface area contributed by atoms with Crippen molar-refractivity contribution in [3.05, 3.63) is 6.42 Å². The van der Waals surface area contributed by atoms with Crippen molar-refractivity contribution in [2.75, 3.05) is 0 Å². The minimum atomic E-state index is 0.502. The molecule has 1 radical (unpaired) electrons. The lowest BCUT2D eigenvalue weighted by Gasteiger charge is -2.44. The van der Waals surface area contributed by atoms with E-state index in [4.69, 9.17) is 0 Å². The van der Waals surface area contributed by atoms with E-state index in [2.05, 4.69) is 48.0 Å². The van der Waals surface area contributed by atoms with Gasteiger partial charge in [0, 0.05) is 0 Å². The second-order valence-electron chi connectivity index (χ2n) is 7.04. The molecule has 2 atom stereocenters. The fourth-order valence-corrected chi connectivity index (χ4v) is 2.92. The van der Waals surface area contributed by atoms with E-state index in [-0.39, 0.29) is 0 Å². The molecule has 0 N–H and O–H groups in total. The van der Waals surface area contributed by atoms with Gasteiger partial charge >= 0.3 is 0 Å².